The number of hydrogen-bond acceptors (Lipinski definition) is 6. The quantitative estimate of drug-likeness (QED) is 0.530. The second kappa shape index (κ2) is 8.22. The fourth-order valence-electron chi connectivity index (χ4n) is 2.92. The molecule has 0 aliphatic heterocycles. The minimum Gasteiger partial charge on any atom is -0.389 e. The summed E-state index contributed by atoms with van der Waals surface area (Å²) < 4.78 is 78.8. The molecule has 8 nitrogen and oxygen atoms in total. The minimum atomic E-state index is -4.76. The van der Waals surface area contributed by atoms with Crippen LogP contribution in [0.5, 0.6) is 0 Å². The lowest BCUT2D eigenvalue weighted by molar-refractivity contribution is -0.137. The number of aliphatic hydroxyl groups is 1. The third kappa shape index (κ3) is 5.66. The van der Waals surface area contributed by atoms with Crippen LogP contribution in [0.2, 0.25) is 0 Å². The van der Waals surface area contributed by atoms with Crippen molar-refractivity contribution in [3.8, 4) is 11.3 Å². The van der Waals surface area contributed by atoms with E-state index < -0.39 is 43.8 Å². The standard InChI is InChI=1S/C19H19F4N5O3S/c1-18(2,29)10-28-9-12(7-26-28)17-14(19(21,22)23)8-25-16(27-17)5-11-3-4-13(6-15(11)20)32(24,30)31/h3-4,6-9,29H,5,10H2,1-2H3,(H2,24,30,31). The number of halogens is 4. The van der Waals surface area contributed by atoms with Crippen molar-refractivity contribution in [2.24, 2.45) is 5.14 Å². The number of sulfonamides is 1. The van der Waals surface area contributed by atoms with Gasteiger partial charge in [0, 0.05) is 24.4 Å². The number of rotatable bonds is 6. The van der Waals surface area contributed by atoms with Crippen LogP contribution in [0.15, 0.2) is 41.7 Å². The Morgan fingerprint density at radius 2 is 1.88 bits per heavy atom. The zero-order valence-electron chi connectivity index (χ0n) is 16.9. The lowest BCUT2D eigenvalue weighted by Gasteiger charge is -2.16. The Kier molecular flexibility index (Phi) is 6.10. The van der Waals surface area contributed by atoms with E-state index in [0.717, 1.165) is 18.2 Å². The van der Waals surface area contributed by atoms with E-state index in [9.17, 15) is 31.1 Å². The summed E-state index contributed by atoms with van der Waals surface area (Å²) in [6, 6.07) is 2.95. The zero-order chi connectivity index (χ0) is 23.9. The number of hydrogen-bond donors (Lipinski definition) is 2. The normalized spacial score (nSPS) is 12.9. The molecule has 0 unspecified atom stereocenters. The molecule has 0 atom stereocenters. The molecule has 13 heteroatoms. The summed E-state index contributed by atoms with van der Waals surface area (Å²) in [5.74, 6) is -1.04. The summed E-state index contributed by atoms with van der Waals surface area (Å²) >= 11 is 0. The maximum Gasteiger partial charge on any atom is 0.419 e. The van der Waals surface area contributed by atoms with Gasteiger partial charge in [0.2, 0.25) is 10.0 Å². The van der Waals surface area contributed by atoms with Crippen molar-refractivity contribution in [2.75, 3.05) is 0 Å². The van der Waals surface area contributed by atoms with Crippen LogP contribution in [0.3, 0.4) is 0 Å². The zero-order valence-corrected chi connectivity index (χ0v) is 17.7. The van der Waals surface area contributed by atoms with Gasteiger partial charge >= 0.3 is 6.18 Å². The predicted molar refractivity (Wildman–Crippen MR) is 105 cm³/mol. The molecule has 3 N–H and O–H groups in total. The van der Waals surface area contributed by atoms with Crippen LogP contribution in [0.25, 0.3) is 11.3 Å². The van der Waals surface area contributed by atoms with E-state index in [4.69, 9.17) is 5.14 Å². The second-order valence-electron chi connectivity index (χ2n) is 7.76. The first-order valence-corrected chi connectivity index (χ1v) is 10.7. The Labute approximate surface area is 180 Å². The summed E-state index contributed by atoms with van der Waals surface area (Å²) in [6.07, 6.45) is -1.97. The Hall–Kier alpha value is -2.90. The van der Waals surface area contributed by atoms with Gasteiger partial charge < -0.3 is 5.11 Å². The third-order valence-corrected chi connectivity index (χ3v) is 5.21. The van der Waals surface area contributed by atoms with Crippen LogP contribution in [0.4, 0.5) is 17.6 Å². The van der Waals surface area contributed by atoms with Gasteiger partial charge in [0.1, 0.15) is 17.2 Å². The molecule has 3 rings (SSSR count). The van der Waals surface area contributed by atoms with E-state index in [0.29, 0.717) is 6.20 Å². The van der Waals surface area contributed by atoms with E-state index in [1.54, 1.807) is 0 Å². The molecular formula is C19H19F4N5O3S. The summed E-state index contributed by atoms with van der Waals surface area (Å²) in [5, 5.41) is 18.8. The molecule has 2 aromatic heterocycles. The van der Waals surface area contributed by atoms with Gasteiger partial charge in [0.15, 0.2) is 0 Å². The molecule has 0 saturated heterocycles. The highest BCUT2D eigenvalue weighted by Gasteiger charge is 2.36. The molecule has 3 aromatic rings. The third-order valence-electron chi connectivity index (χ3n) is 4.30. The Morgan fingerprint density at radius 1 is 1.19 bits per heavy atom. The van der Waals surface area contributed by atoms with Crippen molar-refractivity contribution in [3.05, 3.63) is 59.6 Å². The molecule has 172 valence electrons. The van der Waals surface area contributed by atoms with E-state index >= 15 is 0 Å². The lowest BCUT2D eigenvalue weighted by Crippen LogP contribution is -2.26. The molecule has 2 heterocycles. The highest BCUT2D eigenvalue weighted by molar-refractivity contribution is 7.89. The predicted octanol–water partition coefficient (Wildman–Crippen LogP) is 2.51. The topological polar surface area (TPSA) is 124 Å². The van der Waals surface area contributed by atoms with Crippen LogP contribution in [-0.4, -0.2) is 38.9 Å². The van der Waals surface area contributed by atoms with Crippen molar-refractivity contribution in [1.82, 2.24) is 19.7 Å². The Morgan fingerprint density at radius 3 is 2.44 bits per heavy atom. The smallest absolute Gasteiger partial charge is 0.389 e. The summed E-state index contributed by atoms with van der Waals surface area (Å²) in [4.78, 5) is 7.23. The number of primary sulfonamides is 1. The Bertz CT molecular complexity index is 1250. The summed E-state index contributed by atoms with van der Waals surface area (Å²) in [6.45, 7) is 3.08. The average molecular weight is 473 g/mol. The second-order valence-corrected chi connectivity index (χ2v) is 9.32. The van der Waals surface area contributed by atoms with Crippen LogP contribution in [0.1, 0.15) is 30.8 Å². The highest BCUT2D eigenvalue weighted by Crippen LogP contribution is 2.35. The first-order chi connectivity index (χ1) is 14.6. The van der Waals surface area contributed by atoms with Crippen molar-refractivity contribution >= 4 is 10.0 Å². The monoisotopic (exact) mass is 473 g/mol. The molecule has 0 aliphatic carbocycles. The fourth-order valence-corrected chi connectivity index (χ4v) is 3.44. The van der Waals surface area contributed by atoms with Gasteiger partial charge in [-0.3, -0.25) is 4.68 Å². The molecule has 0 spiro atoms. The van der Waals surface area contributed by atoms with E-state index in [1.165, 1.54) is 30.9 Å². The average Bonchev–Trinajstić information content (AvgIpc) is 3.08. The van der Waals surface area contributed by atoms with Gasteiger partial charge in [-0.25, -0.2) is 27.9 Å². The first-order valence-electron chi connectivity index (χ1n) is 9.13. The molecule has 0 bridgehead atoms. The van der Waals surface area contributed by atoms with Crippen LogP contribution >= 0.6 is 0 Å². The van der Waals surface area contributed by atoms with Gasteiger partial charge in [-0.1, -0.05) is 6.07 Å². The summed E-state index contributed by atoms with van der Waals surface area (Å²) in [7, 11) is -4.11. The maximum absolute atomic E-state index is 14.3. The number of nitrogens with zero attached hydrogens (tertiary/aromatic N) is 4. The SMILES string of the molecule is CC(C)(O)Cn1cc(-c2nc(Cc3ccc(S(N)(=O)=O)cc3F)ncc2C(F)(F)F)cn1. The molecule has 0 aliphatic rings. The minimum absolute atomic E-state index is 0.0270. The van der Waals surface area contributed by atoms with Crippen molar-refractivity contribution in [1.29, 1.82) is 0 Å². The number of benzene rings is 1. The molecular weight excluding hydrogens is 454 g/mol. The van der Waals surface area contributed by atoms with Gasteiger partial charge in [-0.2, -0.15) is 18.3 Å². The van der Waals surface area contributed by atoms with E-state index in [1.807, 2.05) is 0 Å². The van der Waals surface area contributed by atoms with Gasteiger partial charge in [-0.05, 0) is 31.5 Å². The van der Waals surface area contributed by atoms with Gasteiger partial charge in [-0.15, -0.1) is 0 Å². The van der Waals surface area contributed by atoms with E-state index in [-0.39, 0.29) is 29.9 Å². The highest BCUT2D eigenvalue weighted by atomic mass is 32.2. The lowest BCUT2D eigenvalue weighted by atomic mass is 10.1. The number of nitrogens with two attached hydrogens (primary N) is 1. The van der Waals surface area contributed by atoms with Gasteiger partial charge in [0.05, 0.1) is 28.9 Å². The van der Waals surface area contributed by atoms with E-state index in [2.05, 4.69) is 15.1 Å². The molecule has 0 fully saturated rings. The fraction of sp³-hybridized carbons (Fsp3) is 0.316. The first kappa shape index (κ1) is 23.8. The molecule has 1 aromatic carbocycles. The molecule has 0 amide bonds. The van der Waals surface area contributed by atoms with Crippen LogP contribution < -0.4 is 5.14 Å². The molecule has 32 heavy (non-hydrogen) atoms. The van der Waals surface area contributed by atoms with Gasteiger partial charge in [0.25, 0.3) is 0 Å². The van der Waals surface area contributed by atoms with Crippen LogP contribution in [0, 0.1) is 5.82 Å². The molecule has 0 saturated carbocycles. The largest absolute Gasteiger partial charge is 0.419 e. The molecule has 0 radical (unpaired) electrons. The Balaban J connectivity index is 2.00. The van der Waals surface area contributed by atoms with Crippen molar-refractivity contribution in [3.63, 3.8) is 0 Å². The number of aromatic nitrogens is 4. The van der Waals surface area contributed by atoms with Crippen molar-refractivity contribution in [2.45, 2.75) is 43.5 Å². The summed E-state index contributed by atoms with van der Waals surface area (Å²) in [5.41, 5.74) is -2.69. The van der Waals surface area contributed by atoms with Crippen LogP contribution in [-0.2, 0) is 29.2 Å². The number of alkyl halides is 3. The maximum atomic E-state index is 14.3. The van der Waals surface area contributed by atoms with Crippen molar-refractivity contribution < 1.29 is 31.1 Å².